The summed E-state index contributed by atoms with van der Waals surface area (Å²) in [4.78, 5) is 14.2. The molecule has 0 N–H and O–H groups in total. The molecule has 0 spiro atoms. The molecule has 2 rings (SSSR count). The van der Waals surface area contributed by atoms with Crippen LogP contribution in [0.5, 0.6) is 0 Å². The fourth-order valence-electron chi connectivity index (χ4n) is 2.38. The van der Waals surface area contributed by atoms with E-state index in [0.29, 0.717) is 11.8 Å². The van der Waals surface area contributed by atoms with Gasteiger partial charge in [0.25, 0.3) is 5.91 Å². The highest BCUT2D eigenvalue weighted by atomic mass is 16.3. The van der Waals surface area contributed by atoms with Gasteiger partial charge in [-0.05, 0) is 44.7 Å². The lowest BCUT2D eigenvalue weighted by Gasteiger charge is -2.34. The number of nitrogens with zero attached hydrogens (tertiary/aromatic N) is 1. The summed E-state index contributed by atoms with van der Waals surface area (Å²) in [7, 11) is 0. The molecule has 1 aromatic heterocycles. The average Bonchev–Trinajstić information content (AvgIpc) is 2.75. The summed E-state index contributed by atoms with van der Waals surface area (Å²) in [6, 6.07) is 4.02. The van der Waals surface area contributed by atoms with Crippen molar-refractivity contribution in [1.82, 2.24) is 4.90 Å². The lowest BCUT2D eigenvalue weighted by molar-refractivity contribution is 0.0574. The first-order chi connectivity index (χ1) is 7.72. The van der Waals surface area contributed by atoms with Crippen LogP contribution in [0.1, 0.15) is 48.9 Å². The molecule has 0 aromatic carbocycles. The largest absolute Gasteiger partial charge is 0.456 e. The molecule has 1 aliphatic rings. The van der Waals surface area contributed by atoms with Gasteiger partial charge < -0.3 is 9.32 Å². The number of aryl methyl sites for hydroxylation is 1. The number of furan rings is 1. The van der Waals surface area contributed by atoms with Gasteiger partial charge in [-0.15, -0.1) is 0 Å². The van der Waals surface area contributed by atoms with Crippen LogP contribution in [0, 0.1) is 6.92 Å². The van der Waals surface area contributed by atoms with E-state index in [9.17, 15) is 4.79 Å². The number of rotatable bonds is 2. The normalized spacial score (nSPS) is 21.1. The molecule has 1 atom stereocenters. The highest BCUT2D eigenvalue weighted by Crippen LogP contribution is 2.22. The van der Waals surface area contributed by atoms with Crippen LogP contribution < -0.4 is 0 Å². The molecule has 2 heterocycles. The van der Waals surface area contributed by atoms with Crippen molar-refractivity contribution in [3.05, 3.63) is 23.7 Å². The van der Waals surface area contributed by atoms with Gasteiger partial charge in [0, 0.05) is 12.6 Å². The summed E-state index contributed by atoms with van der Waals surface area (Å²) in [5.74, 6) is 1.34. The molecule has 1 saturated heterocycles. The molecule has 0 saturated carbocycles. The molecule has 88 valence electrons. The average molecular weight is 221 g/mol. The maximum atomic E-state index is 12.2. The molecule has 0 bridgehead atoms. The number of likely N-dealkylation sites (tertiary alicyclic amines) is 1. The SMILES string of the molecule is CCC1CCCCN1C(=O)c1ccc(C)o1. The first kappa shape index (κ1) is 11.2. The fraction of sp³-hybridized carbons (Fsp3) is 0.615. The summed E-state index contributed by atoms with van der Waals surface area (Å²) in [6.07, 6.45) is 4.51. The van der Waals surface area contributed by atoms with Gasteiger partial charge in [0.2, 0.25) is 0 Å². The molecule has 3 nitrogen and oxygen atoms in total. The summed E-state index contributed by atoms with van der Waals surface area (Å²) in [5, 5.41) is 0. The second-order valence-corrected chi connectivity index (χ2v) is 4.47. The molecule has 1 amide bonds. The Hall–Kier alpha value is -1.25. The number of hydrogen-bond donors (Lipinski definition) is 0. The third-order valence-electron chi connectivity index (χ3n) is 3.31. The molecule has 1 aliphatic heterocycles. The highest BCUT2D eigenvalue weighted by Gasteiger charge is 2.27. The summed E-state index contributed by atoms with van der Waals surface area (Å²) in [6.45, 7) is 4.88. The number of hydrogen-bond acceptors (Lipinski definition) is 2. The number of piperidine rings is 1. The van der Waals surface area contributed by atoms with E-state index in [1.165, 1.54) is 6.42 Å². The van der Waals surface area contributed by atoms with E-state index in [4.69, 9.17) is 4.42 Å². The third-order valence-corrected chi connectivity index (χ3v) is 3.31. The highest BCUT2D eigenvalue weighted by molar-refractivity contribution is 5.91. The van der Waals surface area contributed by atoms with Crippen LogP contribution in [0.3, 0.4) is 0 Å². The van der Waals surface area contributed by atoms with E-state index in [2.05, 4.69) is 6.92 Å². The van der Waals surface area contributed by atoms with Gasteiger partial charge in [0.05, 0.1) is 0 Å². The van der Waals surface area contributed by atoms with Crippen LogP contribution in [0.2, 0.25) is 0 Å². The van der Waals surface area contributed by atoms with Gasteiger partial charge in [-0.2, -0.15) is 0 Å². The van der Waals surface area contributed by atoms with Crippen molar-refractivity contribution in [3.63, 3.8) is 0 Å². The Kier molecular flexibility index (Phi) is 3.32. The van der Waals surface area contributed by atoms with Crippen molar-refractivity contribution in [2.75, 3.05) is 6.54 Å². The van der Waals surface area contributed by atoms with E-state index in [-0.39, 0.29) is 5.91 Å². The number of carbonyl (C=O) groups excluding carboxylic acids is 1. The van der Waals surface area contributed by atoms with Crippen LogP contribution in [-0.4, -0.2) is 23.4 Å². The molecular formula is C13H19NO2. The van der Waals surface area contributed by atoms with Crippen LogP contribution in [0.15, 0.2) is 16.5 Å². The van der Waals surface area contributed by atoms with E-state index in [0.717, 1.165) is 31.6 Å². The Bertz CT molecular complexity index is 370. The first-order valence-corrected chi connectivity index (χ1v) is 6.09. The summed E-state index contributed by atoms with van der Waals surface area (Å²) >= 11 is 0. The predicted octanol–water partition coefficient (Wildman–Crippen LogP) is 2.99. The van der Waals surface area contributed by atoms with E-state index >= 15 is 0 Å². The van der Waals surface area contributed by atoms with Crippen LogP contribution in [0.25, 0.3) is 0 Å². The predicted molar refractivity (Wildman–Crippen MR) is 62.4 cm³/mol. The topological polar surface area (TPSA) is 33.5 Å². The Morgan fingerprint density at radius 3 is 2.94 bits per heavy atom. The van der Waals surface area contributed by atoms with Gasteiger partial charge in [-0.1, -0.05) is 6.92 Å². The quantitative estimate of drug-likeness (QED) is 0.769. The molecule has 0 aliphatic carbocycles. The van der Waals surface area contributed by atoms with Crippen molar-refractivity contribution in [3.8, 4) is 0 Å². The molecule has 0 radical (unpaired) electrons. The molecular weight excluding hydrogens is 202 g/mol. The maximum Gasteiger partial charge on any atom is 0.289 e. The Morgan fingerprint density at radius 1 is 1.50 bits per heavy atom. The minimum absolute atomic E-state index is 0.0552. The van der Waals surface area contributed by atoms with Crippen LogP contribution >= 0.6 is 0 Å². The second-order valence-electron chi connectivity index (χ2n) is 4.47. The van der Waals surface area contributed by atoms with Gasteiger partial charge in [-0.25, -0.2) is 0 Å². The smallest absolute Gasteiger partial charge is 0.289 e. The zero-order chi connectivity index (χ0) is 11.5. The van der Waals surface area contributed by atoms with Crippen molar-refractivity contribution in [2.45, 2.75) is 45.6 Å². The number of amides is 1. The lowest BCUT2D eigenvalue weighted by atomic mass is 10.00. The van der Waals surface area contributed by atoms with Gasteiger partial charge in [-0.3, -0.25) is 4.79 Å². The molecule has 1 aromatic rings. The second kappa shape index (κ2) is 4.73. The van der Waals surface area contributed by atoms with E-state index in [1.54, 1.807) is 6.07 Å². The van der Waals surface area contributed by atoms with Crippen LogP contribution in [-0.2, 0) is 0 Å². The van der Waals surface area contributed by atoms with Crippen molar-refractivity contribution in [1.29, 1.82) is 0 Å². The number of carbonyl (C=O) groups is 1. The molecule has 1 unspecified atom stereocenters. The minimum Gasteiger partial charge on any atom is -0.456 e. The standard InChI is InChI=1S/C13H19NO2/c1-3-11-6-4-5-9-14(11)13(15)12-8-7-10(2)16-12/h7-8,11H,3-6,9H2,1-2H3. The monoisotopic (exact) mass is 221 g/mol. The Morgan fingerprint density at radius 2 is 2.31 bits per heavy atom. The first-order valence-electron chi connectivity index (χ1n) is 6.09. The van der Waals surface area contributed by atoms with Gasteiger partial charge in [0.1, 0.15) is 5.76 Å². The van der Waals surface area contributed by atoms with Crippen molar-refractivity contribution in [2.24, 2.45) is 0 Å². The fourth-order valence-corrected chi connectivity index (χ4v) is 2.38. The minimum atomic E-state index is 0.0552. The summed E-state index contributed by atoms with van der Waals surface area (Å²) < 4.78 is 5.40. The maximum absolute atomic E-state index is 12.2. The zero-order valence-electron chi connectivity index (χ0n) is 10.0. The zero-order valence-corrected chi connectivity index (χ0v) is 10.0. The molecule has 3 heteroatoms. The van der Waals surface area contributed by atoms with E-state index in [1.807, 2.05) is 17.9 Å². The van der Waals surface area contributed by atoms with Gasteiger partial charge >= 0.3 is 0 Å². The molecule has 16 heavy (non-hydrogen) atoms. The Labute approximate surface area is 96.4 Å². The summed E-state index contributed by atoms with van der Waals surface area (Å²) in [5.41, 5.74) is 0. The lowest BCUT2D eigenvalue weighted by Crippen LogP contribution is -2.43. The third kappa shape index (κ3) is 2.13. The van der Waals surface area contributed by atoms with Crippen molar-refractivity contribution >= 4 is 5.91 Å². The van der Waals surface area contributed by atoms with Gasteiger partial charge in [0.15, 0.2) is 5.76 Å². The molecule has 1 fully saturated rings. The van der Waals surface area contributed by atoms with Crippen molar-refractivity contribution < 1.29 is 9.21 Å². The Balaban J connectivity index is 2.13. The van der Waals surface area contributed by atoms with Crippen LogP contribution in [0.4, 0.5) is 0 Å². The van der Waals surface area contributed by atoms with E-state index < -0.39 is 0 Å².